The summed E-state index contributed by atoms with van der Waals surface area (Å²) >= 11 is 0. The van der Waals surface area contributed by atoms with Crippen LogP contribution >= 0.6 is 0 Å². The minimum atomic E-state index is -1.28. The van der Waals surface area contributed by atoms with Crippen LogP contribution in [0.1, 0.15) is 33.1 Å². The van der Waals surface area contributed by atoms with Gasteiger partial charge in [0, 0.05) is 18.4 Å². The molecule has 146 valence electrons. The van der Waals surface area contributed by atoms with Gasteiger partial charge in [0.1, 0.15) is 11.5 Å². The molecule has 0 radical (unpaired) electrons. The van der Waals surface area contributed by atoms with E-state index in [4.69, 9.17) is 5.73 Å². The van der Waals surface area contributed by atoms with Gasteiger partial charge in [-0.2, -0.15) is 0 Å². The van der Waals surface area contributed by atoms with Crippen LogP contribution in [0.25, 0.3) is 0 Å². The fraction of sp³-hybridized carbons (Fsp3) is 0.429. The van der Waals surface area contributed by atoms with E-state index in [0.29, 0.717) is 6.42 Å². The topological polar surface area (TPSA) is 108 Å². The highest BCUT2D eigenvalue weighted by molar-refractivity contribution is 5.83. The molecule has 2 rings (SSSR count). The zero-order chi connectivity index (χ0) is 19.8. The molecule has 27 heavy (non-hydrogen) atoms. The Kier molecular flexibility index (Phi) is 7.76. The molecule has 0 fully saturated rings. The van der Waals surface area contributed by atoms with Crippen molar-refractivity contribution >= 4 is 12.1 Å². The largest absolute Gasteiger partial charge is 0.503 e. The SMILES string of the molecule is CC(C)NC(O)/C(N=C(N)CC1C=CC=CC1C1=CCCC=C1)=C(\O)C=O. The molecule has 0 amide bonds. The maximum Gasteiger partial charge on any atom is 0.186 e. The number of rotatable bonds is 8. The van der Waals surface area contributed by atoms with E-state index in [1.165, 1.54) is 5.57 Å². The normalized spacial score (nSPS) is 24.6. The highest BCUT2D eigenvalue weighted by atomic mass is 16.3. The van der Waals surface area contributed by atoms with Crippen LogP contribution in [0.4, 0.5) is 0 Å². The van der Waals surface area contributed by atoms with Crippen molar-refractivity contribution in [1.29, 1.82) is 0 Å². The van der Waals surface area contributed by atoms with Gasteiger partial charge in [-0.25, -0.2) is 4.99 Å². The molecular formula is C21H29N3O3. The Morgan fingerprint density at radius 3 is 2.74 bits per heavy atom. The fourth-order valence-corrected chi connectivity index (χ4v) is 3.24. The van der Waals surface area contributed by atoms with E-state index in [0.717, 1.165) is 12.8 Å². The zero-order valence-electron chi connectivity index (χ0n) is 15.9. The number of allylic oxidation sites excluding steroid dienone is 9. The van der Waals surface area contributed by atoms with Gasteiger partial charge in [-0.3, -0.25) is 10.1 Å². The first-order valence-corrected chi connectivity index (χ1v) is 9.29. The lowest BCUT2D eigenvalue weighted by molar-refractivity contribution is -0.107. The molecule has 0 aromatic carbocycles. The summed E-state index contributed by atoms with van der Waals surface area (Å²) in [6.45, 7) is 3.67. The first kappa shape index (κ1) is 20.9. The van der Waals surface area contributed by atoms with Gasteiger partial charge in [-0.1, -0.05) is 42.5 Å². The lowest BCUT2D eigenvalue weighted by Crippen LogP contribution is -2.37. The number of aliphatic hydroxyl groups excluding tert-OH is 2. The van der Waals surface area contributed by atoms with Crippen LogP contribution in [0.5, 0.6) is 0 Å². The second-order valence-electron chi connectivity index (χ2n) is 7.06. The maximum atomic E-state index is 11.0. The quantitative estimate of drug-likeness (QED) is 0.131. The minimum Gasteiger partial charge on any atom is -0.503 e. The van der Waals surface area contributed by atoms with Crippen LogP contribution < -0.4 is 11.1 Å². The van der Waals surface area contributed by atoms with Crippen LogP contribution in [0.15, 0.2) is 64.6 Å². The predicted molar refractivity (Wildman–Crippen MR) is 108 cm³/mol. The second kappa shape index (κ2) is 10.0. The first-order valence-electron chi connectivity index (χ1n) is 9.29. The fourth-order valence-electron chi connectivity index (χ4n) is 3.24. The Hall–Kier alpha value is -2.44. The van der Waals surface area contributed by atoms with Crippen LogP contribution in [0.2, 0.25) is 0 Å². The third-order valence-corrected chi connectivity index (χ3v) is 4.49. The summed E-state index contributed by atoms with van der Waals surface area (Å²) in [4.78, 5) is 15.1. The molecule has 2 aliphatic carbocycles. The number of aliphatic imine (C=N–C) groups is 1. The number of aliphatic hydroxyl groups is 2. The number of nitrogens with two attached hydrogens (primary N) is 1. The average Bonchev–Trinajstić information content (AvgIpc) is 2.66. The molecule has 0 bridgehead atoms. The van der Waals surface area contributed by atoms with E-state index in [2.05, 4.69) is 40.7 Å². The van der Waals surface area contributed by atoms with Crippen molar-refractivity contribution in [1.82, 2.24) is 5.32 Å². The summed E-state index contributed by atoms with van der Waals surface area (Å²) in [5.74, 6) is -0.0702. The molecule has 5 N–H and O–H groups in total. The highest BCUT2D eigenvalue weighted by Gasteiger charge is 2.24. The predicted octanol–water partition coefficient (Wildman–Crippen LogP) is 2.65. The van der Waals surface area contributed by atoms with Gasteiger partial charge in [0.15, 0.2) is 18.3 Å². The lowest BCUT2D eigenvalue weighted by atomic mass is 9.79. The van der Waals surface area contributed by atoms with Gasteiger partial charge >= 0.3 is 0 Å². The molecular weight excluding hydrogens is 342 g/mol. The van der Waals surface area contributed by atoms with Crippen molar-refractivity contribution in [2.24, 2.45) is 22.6 Å². The highest BCUT2D eigenvalue weighted by Crippen LogP contribution is 2.32. The van der Waals surface area contributed by atoms with E-state index >= 15 is 0 Å². The van der Waals surface area contributed by atoms with Gasteiger partial charge in [0.25, 0.3) is 0 Å². The van der Waals surface area contributed by atoms with Crippen molar-refractivity contribution in [3.63, 3.8) is 0 Å². The standard InChI is InChI=1S/C21H29N3O3/c1-14(2)23-21(27)20(18(26)13-25)24-19(22)12-16-10-6-7-11-17(16)15-8-4-3-5-9-15/h4,6-11,13-14,16-17,21,23,26-27H,3,5,12H2,1-2H3,(H2,22,24)/b20-18+. The summed E-state index contributed by atoms with van der Waals surface area (Å²) in [5.41, 5.74) is 7.20. The van der Waals surface area contributed by atoms with Crippen molar-refractivity contribution in [2.45, 2.75) is 45.4 Å². The minimum absolute atomic E-state index is 0.0632. The molecule has 0 saturated heterocycles. The lowest BCUT2D eigenvalue weighted by Gasteiger charge is -2.26. The summed E-state index contributed by atoms with van der Waals surface area (Å²) < 4.78 is 0. The van der Waals surface area contributed by atoms with E-state index in [9.17, 15) is 15.0 Å². The molecule has 6 nitrogen and oxygen atoms in total. The number of carbonyl (C=O) groups excluding carboxylic acids is 1. The van der Waals surface area contributed by atoms with Crippen LogP contribution in [-0.2, 0) is 4.79 Å². The summed E-state index contributed by atoms with van der Waals surface area (Å²) in [6, 6.07) is -0.0632. The molecule has 0 heterocycles. The van der Waals surface area contributed by atoms with Crippen molar-refractivity contribution in [3.05, 3.63) is 59.6 Å². The first-order chi connectivity index (χ1) is 12.9. The van der Waals surface area contributed by atoms with Crippen molar-refractivity contribution in [3.8, 4) is 0 Å². The molecule has 0 aromatic heterocycles. The monoisotopic (exact) mass is 371 g/mol. The Morgan fingerprint density at radius 1 is 1.37 bits per heavy atom. The van der Waals surface area contributed by atoms with E-state index in [-0.39, 0.29) is 35.7 Å². The van der Waals surface area contributed by atoms with Crippen molar-refractivity contribution < 1.29 is 15.0 Å². The van der Waals surface area contributed by atoms with Gasteiger partial charge in [-0.05, 0) is 38.2 Å². The molecule has 3 atom stereocenters. The maximum absolute atomic E-state index is 11.0. The molecule has 3 unspecified atom stereocenters. The van der Waals surface area contributed by atoms with E-state index in [1.54, 1.807) is 0 Å². The van der Waals surface area contributed by atoms with Crippen molar-refractivity contribution in [2.75, 3.05) is 0 Å². The number of hydrogen-bond acceptors (Lipinski definition) is 5. The Labute approximate surface area is 160 Å². The Balaban J connectivity index is 2.19. The van der Waals surface area contributed by atoms with Gasteiger partial charge in [0.2, 0.25) is 0 Å². The zero-order valence-corrected chi connectivity index (χ0v) is 15.9. The van der Waals surface area contributed by atoms with Crippen LogP contribution in [0.3, 0.4) is 0 Å². The number of nitrogens with zero attached hydrogens (tertiary/aromatic N) is 1. The molecule has 0 saturated carbocycles. The summed E-state index contributed by atoms with van der Waals surface area (Å²) in [5, 5.41) is 22.8. The van der Waals surface area contributed by atoms with Gasteiger partial charge in [0.05, 0.1) is 0 Å². The Bertz CT molecular complexity index is 714. The number of hydrogen-bond donors (Lipinski definition) is 4. The molecule has 6 heteroatoms. The molecule has 0 aromatic rings. The van der Waals surface area contributed by atoms with E-state index in [1.807, 2.05) is 26.0 Å². The average molecular weight is 371 g/mol. The Morgan fingerprint density at radius 2 is 2.11 bits per heavy atom. The number of nitrogens with one attached hydrogen (secondary N) is 1. The smallest absolute Gasteiger partial charge is 0.186 e. The number of aldehydes is 1. The second-order valence-corrected chi connectivity index (χ2v) is 7.06. The molecule has 0 spiro atoms. The summed E-state index contributed by atoms with van der Waals surface area (Å²) in [7, 11) is 0. The third kappa shape index (κ3) is 6.05. The van der Waals surface area contributed by atoms with Crippen LogP contribution in [0, 0.1) is 11.8 Å². The number of carbonyl (C=O) groups is 1. The molecule has 0 aliphatic heterocycles. The number of amidine groups is 1. The van der Waals surface area contributed by atoms with E-state index < -0.39 is 12.0 Å². The van der Waals surface area contributed by atoms with Crippen LogP contribution in [-0.4, -0.2) is 34.6 Å². The third-order valence-electron chi connectivity index (χ3n) is 4.49. The molecule has 2 aliphatic rings. The van der Waals surface area contributed by atoms with Gasteiger partial charge in [-0.15, -0.1) is 0 Å². The summed E-state index contributed by atoms with van der Waals surface area (Å²) in [6.07, 6.45) is 16.3. The van der Waals surface area contributed by atoms with Gasteiger partial charge < -0.3 is 15.9 Å².